The Morgan fingerprint density at radius 1 is 0.857 bits per heavy atom. The number of carbonyl (C=O) groups is 5. The number of hydrogen-bond acceptors (Lipinski definition) is 12. The van der Waals surface area contributed by atoms with Crippen molar-refractivity contribution < 1.29 is 68.1 Å². The molecular weight excluding hydrogens is 728 g/mol. The van der Waals surface area contributed by atoms with Gasteiger partial charge in [0.05, 0.1) is 7.11 Å². The van der Waals surface area contributed by atoms with Gasteiger partial charge in [-0.15, -0.1) is 0 Å². The van der Waals surface area contributed by atoms with E-state index in [4.69, 9.17) is 23.7 Å². The predicted molar refractivity (Wildman–Crippen MR) is 201 cm³/mol. The van der Waals surface area contributed by atoms with Crippen LogP contribution in [0.4, 0.5) is 0 Å². The molecule has 0 saturated carbocycles. The zero-order chi connectivity index (χ0) is 40.9. The van der Waals surface area contributed by atoms with Crippen LogP contribution < -0.4 is 0 Å². The maximum Gasteiger partial charge on any atom is 0.344 e. The Hall–Kier alpha value is -4.89. The van der Waals surface area contributed by atoms with E-state index in [1.165, 1.54) is 6.92 Å². The zero-order valence-corrected chi connectivity index (χ0v) is 31.9. The van der Waals surface area contributed by atoms with Crippen molar-refractivity contribution in [1.82, 2.24) is 0 Å². The first-order valence-corrected chi connectivity index (χ1v) is 18.8. The molecule has 56 heavy (non-hydrogen) atoms. The van der Waals surface area contributed by atoms with Gasteiger partial charge < -0.3 is 44.1 Å². The fourth-order valence-electron chi connectivity index (χ4n) is 7.27. The molecule has 14 heteroatoms. The first-order valence-electron chi connectivity index (χ1n) is 18.8. The number of hydrogen-bond donors (Lipinski definition) is 4. The van der Waals surface area contributed by atoms with Gasteiger partial charge in [-0.1, -0.05) is 105 Å². The summed E-state index contributed by atoms with van der Waals surface area (Å²) in [5.74, 6) is -10.1. The summed E-state index contributed by atoms with van der Waals surface area (Å²) in [6, 6.07) is 19.4. The summed E-state index contributed by atoms with van der Waals surface area (Å²) in [7, 11) is 0.871. The highest BCUT2D eigenvalue weighted by Gasteiger charge is 2.86. The number of esters is 3. The van der Waals surface area contributed by atoms with E-state index >= 15 is 0 Å². The van der Waals surface area contributed by atoms with Gasteiger partial charge in [0.15, 0.2) is 6.10 Å². The summed E-state index contributed by atoms with van der Waals surface area (Å²) in [6.45, 7) is 3.12. The Balaban J connectivity index is 1.49. The van der Waals surface area contributed by atoms with Crippen molar-refractivity contribution in [3.8, 4) is 0 Å². The Bertz CT molecular complexity index is 1710. The number of ether oxygens (including phenoxy) is 5. The van der Waals surface area contributed by atoms with E-state index in [1.807, 2.05) is 85.8 Å². The molecule has 2 aliphatic heterocycles. The fraction of sp³-hybridized carbons (Fsp3) is 0.500. The third kappa shape index (κ3) is 9.91. The number of carbonyl (C=O) groups excluding carboxylic acids is 3. The number of allylic oxidation sites excluding steroid dienone is 2. The normalized spacial score (nSPS) is 26.8. The van der Waals surface area contributed by atoms with Crippen LogP contribution in [0, 0.1) is 5.92 Å². The van der Waals surface area contributed by atoms with Crippen LogP contribution in [0.3, 0.4) is 0 Å². The second kappa shape index (κ2) is 19.8. The largest absolute Gasteiger partial charge is 0.479 e. The number of rotatable bonds is 21. The lowest BCUT2D eigenvalue weighted by molar-refractivity contribution is -0.374. The van der Waals surface area contributed by atoms with Crippen molar-refractivity contribution in [3.05, 3.63) is 83.9 Å². The quantitative estimate of drug-likeness (QED) is 0.0739. The molecule has 0 aliphatic carbocycles. The van der Waals surface area contributed by atoms with E-state index < -0.39 is 77.7 Å². The number of benzene rings is 2. The van der Waals surface area contributed by atoms with Crippen molar-refractivity contribution in [3.63, 3.8) is 0 Å². The molecule has 8 unspecified atom stereocenters. The third-order valence-electron chi connectivity index (χ3n) is 10.2. The number of carboxylic acid groups (broad SMARTS) is 2. The number of unbranched alkanes of at least 4 members (excludes halogenated alkanes) is 4. The molecule has 0 aromatic heterocycles. The van der Waals surface area contributed by atoms with Crippen LogP contribution in [0.25, 0.3) is 12.2 Å². The highest BCUT2D eigenvalue weighted by atomic mass is 16.8. The number of methoxy groups -OCH3 is 1. The number of aliphatic hydroxyl groups excluding tert-OH is 1. The van der Waals surface area contributed by atoms with Gasteiger partial charge in [-0.05, 0) is 55.6 Å². The van der Waals surface area contributed by atoms with Gasteiger partial charge in [-0.25, -0.2) is 14.4 Å². The molecule has 2 bridgehead atoms. The van der Waals surface area contributed by atoms with Gasteiger partial charge in [-0.2, -0.15) is 0 Å². The summed E-state index contributed by atoms with van der Waals surface area (Å²) >= 11 is 0. The van der Waals surface area contributed by atoms with Gasteiger partial charge in [0.25, 0.3) is 0 Å². The fourth-order valence-corrected chi connectivity index (χ4v) is 7.27. The summed E-state index contributed by atoms with van der Waals surface area (Å²) in [4.78, 5) is 64.1. The van der Waals surface area contributed by atoms with Gasteiger partial charge >= 0.3 is 29.8 Å². The molecule has 2 heterocycles. The van der Waals surface area contributed by atoms with Crippen LogP contribution >= 0.6 is 0 Å². The van der Waals surface area contributed by atoms with Crippen LogP contribution in [0.1, 0.15) is 89.2 Å². The van der Waals surface area contributed by atoms with Gasteiger partial charge in [0.1, 0.15) is 12.2 Å². The lowest BCUT2D eigenvalue weighted by atomic mass is 9.74. The molecule has 2 fully saturated rings. The van der Waals surface area contributed by atoms with Crippen LogP contribution in [0.5, 0.6) is 0 Å². The Labute approximate surface area is 326 Å². The van der Waals surface area contributed by atoms with E-state index in [9.17, 15) is 44.4 Å². The molecule has 2 saturated heterocycles. The summed E-state index contributed by atoms with van der Waals surface area (Å²) in [6.07, 6.45) is 3.61. The Morgan fingerprint density at radius 2 is 1.46 bits per heavy atom. The van der Waals surface area contributed by atoms with Gasteiger partial charge in [0.2, 0.25) is 23.1 Å². The Kier molecular flexibility index (Phi) is 15.5. The summed E-state index contributed by atoms with van der Waals surface area (Å²) in [5.41, 5.74) is -5.09. The minimum atomic E-state index is -3.73. The molecule has 304 valence electrons. The second-order valence-electron chi connectivity index (χ2n) is 14.2. The first-order chi connectivity index (χ1) is 26.7. The topological polar surface area (TPSA) is 212 Å². The average molecular weight is 781 g/mol. The number of aliphatic hydroxyl groups is 2. The van der Waals surface area contributed by atoms with Crippen LogP contribution in [0.15, 0.2) is 72.8 Å². The number of carboxylic acids is 2. The Morgan fingerprint density at radius 3 is 2.04 bits per heavy atom. The van der Waals surface area contributed by atoms with Crippen molar-refractivity contribution in [2.45, 2.75) is 119 Å². The van der Waals surface area contributed by atoms with Crippen LogP contribution in [-0.4, -0.2) is 98.8 Å². The molecule has 8 atom stereocenters. The highest BCUT2D eigenvalue weighted by Crippen LogP contribution is 2.56. The second-order valence-corrected chi connectivity index (χ2v) is 14.2. The average Bonchev–Trinajstić information content (AvgIpc) is 3.38. The molecule has 4 N–H and O–H groups in total. The summed E-state index contributed by atoms with van der Waals surface area (Å²) < 4.78 is 27.3. The molecule has 2 aliphatic rings. The lowest BCUT2D eigenvalue weighted by Crippen LogP contribution is -2.78. The molecule has 0 spiro atoms. The van der Waals surface area contributed by atoms with E-state index in [-0.39, 0.29) is 25.2 Å². The van der Waals surface area contributed by atoms with Crippen molar-refractivity contribution >= 4 is 42.0 Å². The first kappa shape index (κ1) is 43.8. The van der Waals surface area contributed by atoms with E-state index in [0.717, 1.165) is 37.5 Å². The molecule has 2 aromatic carbocycles. The van der Waals surface area contributed by atoms with E-state index in [1.54, 1.807) is 0 Å². The molecule has 0 amide bonds. The molecule has 14 nitrogen and oxygen atoms in total. The molecule has 0 radical (unpaired) electrons. The molecule has 4 rings (SSSR count). The predicted octanol–water partition coefficient (Wildman–Crippen LogP) is 5.09. The molecule has 2 aromatic rings. The summed E-state index contributed by atoms with van der Waals surface area (Å²) in [5, 5.41) is 44.3. The maximum absolute atomic E-state index is 13.2. The standard InChI is InChI=1S/C42H52O14/c1-28(18-16-24-31-22-13-9-14-23-31)32(53-29(2)43)25-17-27-40-34(45)35(42(56-40,39(49)50)41(51,38(47)48)36(55-40)37(46)52-3)54-33(44)26-15-7-5-4-6-10-19-30-20-11-8-12-21-30/h8-14,16,19-24,28,32,34-36,45,51H,4-7,15,17-18,25-27H2,1-3H3,(H,47,48)(H,49,50)/b19-10+,24-16+. The molecular formula is C42H52O14. The van der Waals surface area contributed by atoms with Gasteiger partial charge in [0, 0.05) is 19.8 Å². The van der Waals surface area contributed by atoms with Gasteiger partial charge in [-0.3, -0.25) is 9.59 Å². The maximum atomic E-state index is 13.2. The van der Waals surface area contributed by atoms with Crippen LogP contribution in [-0.2, 0) is 47.7 Å². The monoisotopic (exact) mass is 780 g/mol. The minimum absolute atomic E-state index is 0.0119. The van der Waals surface area contributed by atoms with Crippen molar-refractivity contribution in [2.75, 3.05) is 7.11 Å². The van der Waals surface area contributed by atoms with E-state index in [0.29, 0.717) is 19.3 Å². The smallest absolute Gasteiger partial charge is 0.344 e. The number of fused-ring (bicyclic) bond motifs is 2. The van der Waals surface area contributed by atoms with Crippen molar-refractivity contribution in [2.24, 2.45) is 5.92 Å². The number of aliphatic carboxylic acids is 2. The van der Waals surface area contributed by atoms with E-state index in [2.05, 4.69) is 6.08 Å². The minimum Gasteiger partial charge on any atom is -0.479 e. The highest BCUT2D eigenvalue weighted by molar-refractivity contribution is 5.98. The third-order valence-corrected chi connectivity index (χ3v) is 10.2. The SMILES string of the molecule is COC(=O)C1OC2(CCCC(OC(C)=O)C(C)C/C=C/c3ccccc3)OC(C(=O)O)(C(OC(=O)CCCCCC/C=C/c3ccccc3)C2O)C1(O)C(=O)O. The van der Waals surface area contributed by atoms with Crippen LogP contribution in [0.2, 0.25) is 0 Å². The zero-order valence-electron chi connectivity index (χ0n) is 31.9. The lowest BCUT2D eigenvalue weighted by Gasteiger charge is -2.49. The van der Waals surface area contributed by atoms with Crippen molar-refractivity contribution in [1.29, 1.82) is 0 Å².